The lowest BCUT2D eigenvalue weighted by Crippen LogP contribution is -2.53. The van der Waals surface area contributed by atoms with Gasteiger partial charge in [-0.2, -0.15) is 0 Å². The topological polar surface area (TPSA) is 69.2 Å². The molecular weight excluding hydrogens is 330 g/mol. The molecular formula is C19H31N5O2. The summed E-state index contributed by atoms with van der Waals surface area (Å²) in [6.07, 6.45) is -0.397. The van der Waals surface area contributed by atoms with Gasteiger partial charge in [-0.15, -0.1) is 0 Å². The van der Waals surface area contributed by atoms with E-state index in [2.05, 4.69) is 49.7 Å². The Bertz CT molecular complexity index is 590. The normalized spacial score (nSPS) is 15.6. The van der Waals surface area contributed by atoms with Crippen LogP contribution < -0.4 is 15.5 Å². The predicted octanol–water partition coefficient (Wildman–Crippen LogP) is 1.91. The number of amides is 1. The molecule has 0 atom stereocenters. The van der Waals surface area contributed by atoms with E-state index in [1.54, 1.807) is 7.05 Å². The van der Waals surface area contributed by atoms with Crippen molar-refractivity contribution >= 4 is 17.7 Å². The van der Waals surface area contributed by atoms with Crippen LogP contribution in [0.3, 0.4) is 0 Å². The molecule has 0 aliphatic carbocycles. The molecule has 0 radical (unpaired) electrons. The third-order valence-corrected chi connectivity index (χ3v) is 3.99. The maximum absolute atomic E-state index is 11.6. The SMILES string of the molecule is CN=C(NCCNC(=O)OC(C)(C)C)N1CCN(c2ccccc2)CC1. The molecule has 0 aromatic heterocycles. The van der Waals surface area contributed by atoms with Crippen LogP contribution >= 0.6 is 0 Å². The maximum atomic E-state index is 11.6. The first-order valence-electron chi connectivity index (χ1n) is 9.11. The number of carbonyl (C=O) groups is 1. The minimum Gasteiger partial charge on any atom is -0.444 e. The molecule has 144 valence electrons. The summed E-state index contributed by atoms with van der Waals surface area (Å²) in [4.78, 5) is 20.6. The van der Waals surface area contributed by atoms with E-state index < -0.39 is 11.7 Å². The van der Waals surface area contributed by atoms with Crippen molar-refractivity contribution in [2.75, 3.05) is 51.2 Å². The number of guanidine groups is 1. The summed E-state index contributed by atoms with van der Waals surface area (Å²) in [5.41, 5.74) is 0.781. The Labute approximate surface area is 156 Å². The quantitative estimate of drug-likeness (QED) is 0.487. The minimum atomic E-state index is -0.480. The number of nitrogens with one attached hydrogen (secondary N) is 2. The molecule has 2 rings (SSSR count). The van der Waals surface area contributed by atoms with E-state index in [0.717, 1.165) is 32.1 Å². The molecule has 1 aromatic rings. The summed E-state index contributed by atoms with van der Waals surface area (Å²) >= 11 is 0. The number of hydrogen-bond acceptors (Lipinski definition) is 4. The third kappa shape index (κ3) is 6.46. The van der Waals surface area contributed by atoms with E-state index in [4.69, 9.17) is 4.74 Å². The lowest BCUT2D eigenvalue weighted by Gasteiger charge is -2.37. The largest absolute Gasteiger partial charge is 0.444 e. The zero-order valence-electron chi connectivity index (χ0n) is 16.3. The molecule has 0 spiro atoms. The van der Waals surface area contributed by atoms with Crippen LogP contribution in [0.15, 0.2) is 35.3 Å². The first-order valence-corrected chi connectivity index (χ1v) is 9.11. The van der Waals surface area contributed by atoms with Crippen molar-refractivity contribution in [1.29, 1.82) is 0 Å². The van der Waals surface area contributed by atoms with Crippen LogP contribution in [0.4, 0.5) is 10.5 Å². The Kier molecular flexibility index (Phi) is 7.12. The fourth-order valence-corrected chi connectivity index (χ4v) is 2.80. The van der Waals surface area contributed by atoms with Crippen LogP contribution in [0.2, 0.25) is 0 Å². The summed E-state index contributed by atoms with van der Waals surface area (Å²) in [5.74, 6) is 0.865. The van der Waals surface area contributed by atoms with Crippen molar-refractivity contribution in [3.8, 4) is 0 Å². The second-order valence-electron chi connectivity index (χ2n) is 7.21. The van der Waals surface area contributed by atoms with Gasteiger partial charge in [0.2, 0.25) is 0 Å². The van der Waals surface area contributed by atoms with Gasteiger partial charge in [-0.25, -0.2) is 4.79 Å². The predicted molar refractivity (Wildman–Crippen MR) is 106 cm³/mol. The van der Waals surface area contributed by atoms with Crippen molar-refractivity contribution in [3.05, 3.63) is 30.3 Å². The number of nitrogens with zero attached hydrogens (tertiary/aromatic N) is 3. The number of hydrogen-bond donors (Lipinski definition) is 2. The Morgan fingerprint density at radius 2 is 1.69 bits per heavy atom. The second kappa shape index (κ2) is 9.31. The minimum absolute atomic E-state index is 0.397. The van der Waals surface area contributed by atoms with E-state index in [0.29, 0.717) is 13.1 Å². The van der Waals surface area contributed by atoms with Gasteiger partial charge in [0.05, 0.1) is 0 Å². The van der Waals surface area contributed by atoms with Crippen molar-refractivity contribution in [3.63, 3.8) is 0 Å². The van der Waals surface area contributed by atoms with Gasteiger partial charge in [0.25, 0.3) is 0 Å². The van der Waals surface area contributed by atoms with Crippen LogP contribution in [0.1, 0.15) is 20.8 Å². The van der Waals surface area contributed by atoms with Gasteiger partial charge in [0.1, 0.15) is 5.60 Å². The number of carbonyl (C=O) groups excluding carboxylic acids is 1. The molecule has 7 nitrogen and oxygen atoms in total. The lowest BCUT2D eigenvalue weighted by atomic mass is 10.2. The van der Waals surface area contributed by atoms with Gasteiger partial charge in [0.15, 0.2) is 5.96 Å². The maximum Gasteiger partial charge on any atom is 0.407 e. The molecule has 0 unspecified atom stereocenters. The molecule has 2 N–H and O–H groups in total. The van der Waals surface area contributed by atoms with Crippen molar-refractivity contribution < 1.29 is 9.53 Å². The zero-order valence-corrected chi connectivity index (χ0v) is 16.3. The van der Waals surface area contributed by atoms with Crippen LogP contribution in [0, 0.1) is 0 Å². The molecule has 1 amide bonds. The summed E-state index contributed by atoms with van der Waals surface area (Å²) in [7, 11) is 1.78. The van der Waals surface area contributed by atoms with Gasteiger partial charge in [-0.05, 0) is 32.9 Å². The van der Waals surface area contributed by atoms with Gasteiger partial charge in [-0.1, -0.05) is 18.2 Å². The summed E-state index contributed by atoms with van der Waals surface area (Å²) in [6, 6.07) is 10.5. The number of para-hydroxylation sites is 1. The number of aliphatic imine (C=N–C) groups is 1. The van der Waals surface area contributed by atoms with E-state index >= 15 is 0 Å². The molecule has 1 aliphatic rings. The molecule has 0 bridgehead atoms. The Balaban J connectivity index is 1.70. The highest BCUT2D eigenvalue weighted by atomic mass is 16.6. The molecule has 1 fully saturated rings. The van der Waals surface area contributed by atoms with Crippen molar-refractivity contribution in [1.82, 2.24) is 15.5 Å². The Hall–Kier alpha value is -2.44. The molecule has 1 aromatic carbocycles. The highest BCUT2D eigenvalue weighted by molar-refractivity contribution is 5.80. The monoisotopic (exact) mass is 361 g/mol. The van der Waals surface area contributed by atoms with E-state index in [1.807, 2.05) is 26.8 Å². The van der Waals surface area contributed by atoms with Crippen LogP contribution in [-0.2, 0) is 4.74 Å². The Morgan fingerprint density at radius 1 is 1.08 bits per heavy atom. The number of ether oxygens (including phenoxy) is 1. The fourth-order valence-electron chi connectivity index (χ4n) is 2.80. The second-order valence-corrected chi connectivity index (χ2v) is 7.21. The average Bonchev–Trinajstić information content (AvgIpc) is 2.61. The smallest absolute Gasteiger partial charge is 0.407 e. The molecule has 7 heteroatoms. The summed E-state index contributed by atoms with van der Waals surface area (Å²) in [6.45, 7) is 10.4. The summed E-state index contributed by atoms with van der Waals surface area (Å²) in [5, 5.41) is 6.04. The number of piperazine rings is 1. The first kappa shape index (κ1) is 19.9. The first-order chi connectivity index (χ1) is 12.4. The average molecular weight is 361 g/mol. The highest BCUT2D eigenvalue weighted by Crippen LogP contribution is 2.15. The third-order valence-electron chi connectivity index (χ3n) is 3.99. The standard InChI is InChI=1S/C19H31N5O2/c1-19(2,3)26-18(25)22-11-10-21-17(20-4)24-14-12-23(13-15-24)16-8-6-5-7-9-16/h5-9H,10-15H2,1-4H3,(H,20,21)(H,22,25). The summed E-state index contributed by atoms with van der Waals surface area (Å²) < 4.78 is 5.22. The molecule has 0 saturated carbocycles. The molecule has 1 saturated heterocycles. The van der Waals surface area contributed by atoms with Gasteiger partial charge >= 0.3 is 6.09 Å². The lowest BCUT2D eigenvalue weighted by molar-refractivity contribution is 0.0529. The van der Waals surface area contributed by atoms with Gasteiger partial charge in [-0.3, -0.25) is 4.99 Å². The van der Waals surface area contributed by atoms with Gasteiger partial charge in [0, 0.05) is 52.0 Å². The molecule has 26 heavy (non-hydrogen) atoms. The molecule has 1 heterocycles. The van der Waals surface area contributed by atoms with Crippen LogP contribution in [0.5, 0.6) is 0 Å². The van der Waals surface area contributed by atoms with Crippen molar-refractivity contribution in [2.45, 2.75) is 26.4 Å². The van der Waals surface area contributed by atoms with E-state index in [-0.39, 0.29) is 0 Å². The number of anilines is 1. The van der Waals surface area contributed by atoms with E-state index in [1.165, 1.54) is 5.69 Å². The van der Waals surface area contributed by atoms with Crippen LogP contribution in [0.25, 0.3) is 0 Å². The number of alkyl carbamates (subject to hydrolysis) is 1. The number of rotatable bonds is 4. The molecule has 1 aliphatic heterocycles. The number of benzene rings is 1. The van der Waals surface area contributed by atoms with E-state index in [9.17, 15) is 4.79 Å². The Morgan fingerprint density at radius 3 is 2.27 bits per heavy atom. The van der Waals surface area contributed by atoms with Gasteiger partial charge < -0.3 is 25.2 Å². The zero-order chi connectivity index (χ0) is 19.0. The highest BCUT2D eigenvalue weighted by Gasteiger charge is 2.20. The fraction of sp³-hybridized carbons (Fsp3) is 0.579. The van der Waals surface area contributed by atoms with Crippen molar-refractivity contribution in [2.24, 2.45) is 4.99 Å². The van der Waals surface area contributed by atoms with Crippen LogP contribution in [-0.4, -0.2) is 68.9 Å².